The highest BCUT2D eigenvalue weighted by Crippen LogP contribution is 2.20. The van der Waals surface area contributed by atoms with Gasteiger partial charge < -0.3 is 0 Å². The van der Waals surface area contributed by atoms with Crippen molar-refractivity contribution < 1.29 is 0 Å². The summed E-state index contributed by atoms with van der Waals surface area (Å²) in [5.74, 6) is 1.95. The number of aromatic nitrogens is 2. The quantitative estimate of drug-likeness (QED) is 0.430. The van der Waals surface area contributed by atoms with Crippen LogP contribution >= 0.6 is 23.4 Å². The van der Waals surface area contributed by atoms with Crippen molar-refractivity contribution in [2.45, 2.75) is 44.6 Å². The van der Waals surface area contributed by atoms with Gasteiger partial charge in [-0.15, -0.1) is 11.8 Å². The van der Waals surface area contributed by atoms with Gasteiger partial charge in [0.1, 0.15) is 16.0 Å². The molecule has 0 saturated carbocycles. The highest BCUT2D eigenvalue weighted by molar-refractivity contribution is 7.99. The molecule has 2 nitrogen and oxygen atoms in total. The lowest BCUT2D eigenvalue weighted by molar-refractivity contribution is 0.777. The number of halogens is 1. The summed E-state index contributed by atoms with van der Waals surface area (Å²) in [6, 6.07) is 1.84. The molecule has 0 N–H and O–H groups in total. The van der Waals surface area contributed by atoms with Crippen molar-refractivity contribution in [2.75, 3.05) is 5.75 Å². The van der Waals surface area contributed by atoms with Gasteiger partial charge >= 0.3 is 0 Å². The summed E-state index contributed by atoms with van der Waals surface area (Å²) in [6.45, 7) is 4.25. The zero-order valence-electron chi connectivity index (χ0n) is 9.29. The highest BCUT2D eigenvalue weighted by atomic mass is 35.5. The molecule has 0 saturated heterocycles. The molecule has 0 aromatic carbocycles. The molecule has 1 aromatic rings. The Kier molecular flexibility index (Phi) is 6.03. The van der Waals surface area contributed by atoms with E-state index in [1.807, 2.05) is 13.0 Å². The van der Waals surface area contributed by atoms with Crippen LogP contribution in [-0.2, 0) is 6.42 Å². The summed E-state index contributed by atoms with van der Waals surface area (Å²) < 4.78 is 0. The van der Waals surface area contributed by atoms with Gasteiger partial charge in [-0.05, 0) is 12.2 Å². The molecule has 0 radical (unpaired) electrons. The van der Waals surface area contributed by atoms with Crippen LogP contribution in [0.3, 0.4) is 0 Å². The predicted molar refractivity (Wildman–Crippen MR) is 66.7 cm³/mol. The van der Waals surface area contributed by atoms with Crippen molar-refractivity contribution in [3.63, 3.8) is 0 Å². The minimum Gasteiger partial charge on any atom is -0.227 e. The standard InChI is InChI=1S/C11H17ClN2S/c1-3-5-6-7-15-11-8-9(12)13-10(4-2)14-11/h8H,3-7H2,1-2H3. The second-order valence-corrected chi connectivity index (χ2v) is 4.86. The van der Waals surface area contributed by atoms with E-state index in [1.165, 1.54) is 19.3 Å². The van der Waals surface area contributed by atoms with E-state index in [-0.39, 0.29) is 0 Å². The van der Waals surface area contributed by atoms with E-state index in [4.69, 9.17) is 11.6 Å². The van der Waals surface area contributed by atoms with Gasteiger partial charge in [0.05, 0.1) is 0 Å². The van der Waals surface area contributed by atoms with Crippen LogP contribution in [0.25, 0.3) is 0 Å². The Morgan fingerprint density at radius 3 is 2.73 bits per heavy atom. The Morgan fingerprint density at radius 2 is 2.07 bits per heavy atom. The van der Waals surface area contributed by atoms with Crippen molar-refractivity contribution in [3.8, 4) is 0 Å². The van der Waals surface area contributed by atoms with Gasteiger partial charge in [-0.25, -0.2) is 9.97 Å². The Hall–Kier alpha value is -0.280. The molecule has 0 amide bonds. The van der Waals surface area contributed by atoms with Crippen LogP contribution in [0.15, 0.2) is 11.1 Å². The lowest BCUT2D eigenvalue weighted by atomic mass is 10.3. The van der Waals surface area contributed by atoms with Crippen molar-refractivity contribution in [1.82, 2.24) is 9.97 Å². The van der Waals surface area contributed by atoms with E-state index in [0.29, 0.717) is 5.15 Å². The normalized spacial score (nSPS) is 10.6. The first-order valence-corrected chi connectivity index (χ1v) is 6.78. The summed E-state index contributed by atoms with van der Waals surface area (Å²) in [4.78, 5) is 8.55. The van der Waals surface area contributed by atoms with Gasteiger partial charge in [0, 0.05) is 12.5 Å². The third-order valence-electron chi connectivity index (χ3n) is 2.03. The average Bonchev–Trinajstić information content (AvgIpc) is 2.23. The number of aryl methyl sites for hydroxylation is 1. The summed E-state index contributed by atoms with van der Waals surface area (Å²) >= 11 is 7.67. The molecule has 0 atom stereocenters. The summed E-state index contributed by atoms with van der Waals surface area (Å²) in [5.41, 5.74) is 0. The van der Waals surface area contributed by atoms with Crippen molar-refractivity contribution in [3.05, 3.63) is 17.0 Å². The second-order valence-electron chi connectivity index (χ2n) is 3.35. The van der Waals surface area contributed by atoms with Crippen LogP contribution in [0, 0.1) is 0 Å². The van der Waals surface area contributed by atoms with Gasteiger partial charge in [0.25, 0.3) is 0 Å². The number of nitrogens with zero attached hydrogens (tertiary/aromatic N) is 2. The highest BCUT2D eigenvalue weighted by Gasteiger charge is 2.02. The zero-order chi connectivity index (χ0) is 11.1. The van der Waals surface area contributed by atoms with E-state index in [2.05, 4.69) is 16.9 Å². The van der Waals surface area contributed by atoms with Crippen LogP contribution < -0.4 is 0 Å². The van der Waals surface area contributed by atoms with E-state index in [1.54, 1.807) is 11.8 Å². The van der Waals surface area contributed by atoms with Gasteiger partial charge in [0.2, 0.25) is 0 Å². The largest absolute Gasteiger partial charge is 0.227 e. The lowest BCUT2D eigenvalue weighted by Gasteiger charge is -2.03. The van der Waals surface area contributed by atoms with E-state index in [9.17, 15) is 0 Å². The molecule has 0 aliphatic carbocycles. The average molecular weight is 245 g/mol. The molecule has 1 aromatic heterocycles. The number of hydrogen-bond donors (Lipinski definition) is 0. The van der Waals surface area contributed by atoms with Gasteiger partial charge in [-0.3, -0.25) is 0 Å². The number of thioether (sulfide) groups is 1. The summed E-state index contributed by atoms with van der Waals surface area (Å²) in [6.07, 6.45) is 4.62. The van der Waals surface area contributed by atoms with Crippen molar-refractivity contribution in [2.24, 2.45) is 0 Å². The first kappa shape index (κ1) is 12.8. The smallest absolute Gasteiger partial charge is 0.133 e. The minimum atomic E-state index is 0.555. The molecule has 0 aliphatic rings. The van der Waals surface area contributed by atoms with Crippen LogP contribution in [-0.4, -0.2) is 15.7 Å². The van der Waals surface area contributed by atoms with E-state index >= 15 is 0 Å². The third-order valence-corrected chi connectivity index (χ3v) is 3.22. The Labute approximate surface area is 101 Å². The van der Waals surface area contributed by atoms with Gasteiger partial charge in [-0.1, -0.05) is 38.3 Å². The Morgan fingerprint density at radius 1 is 1.27 bits per heavy atom. The first-order valence-electron chi connectivity index (χ1n) is 5.42. The lowest BCUT2D eigenvalue weighted by Crippen LogP contribution is -1.95. The van der Waals surface area contributed by atoms with Crippen LogP contribution in [0.2, 0.25) is 5.15 Å². The number of unbranched alkanes of at least 4 members (excludes halogenated alkanes) is 2. The fourth-order valence-corrected chi connectivity index (χ4v) is 2.39. The summed E-state index contributed by atoms with van der Waals surface area (Å²) in [5, 5.41) is 1.56. The van der Waals surface area contributed by atoms with Crippen LogP contribution in [0.5, 0.6) is 0 Å². The minimum absolute atomic E-state index is 0.555. The van der Waals surface area contributed by atoms with E-state index < -0.39 is 0 Å². The molecule has 1 heterocycles. The Bertz CT molecular complexity index is 305. The molecule has 15 heavy (non-hydrogen) atoms. The molecular weight excluding hydrogens is 228 g/mol. The maximum Gasteiger partial charge on any atom is 0.133 e. The molecule has 0 aliphatic heterocycles. The molecule has 1 rings (SSSR count). The van der Waals surface area contributed by atoms with Gasteiger partial charge in [0.15, 0.2) is 0 Å². The third kappa shape index (κ3) is 4.85. The molecule has 84 valence electrons. The van der Waals surface area contributed by atoms with Crippen molar-refractivity contribution >= 4 is 23.4 Å². The molecule has 0 fully saturated rings. The molecular formula is C11H17ClN2S. The Balaban J connectivity index is 2.49. The first-order chi connectivity index (χ1) is 7.26. The van der Waals surface area contributed by atoms with Crippen molar-refractivity contribution in [1.29, 1.82) is 0 Å². The van der Waals surface area contributed by atoms with Crippen LogP contribution in [0.1, 0.15) is 38.9 Å². The maximum absolute atomic E-state index is 5.90. The summed E-state index contributed by atoms with van der Waals surface area (Å²) in [7, 11) is 0. The number of rotatable bonds is 6. The van der Waals surface area contributed by atoms with Crippen LogP contribution in [0.4, 0.5) is 0 Å². The SMILES string of the molecule is CCCCCSc1cc(Cl)nc(CC)n1. The molecule has 0 unspecified atom stereocenters. The maximum atomic E-state index is 5.90. The fourth-order valence-electron chi connectivity index (χ4n) is 1.20. The monoisotopic (exact) mass is 244 g/mol. The second kappa shape index (κ2) is 7.07. The molecule has 0 bridgehead atoms. The molecule has 4 heteroatoms. The number of hydrogen-bond acceptors (Lipinski definition) is 3. The topological polar surface area (TPSA) is 25.8 Å². The van der Waals surface area contributed by atoms with Gasteiger partial charge in [-0.2, -0.15) is 0 Å². The fraction of sp³-hybridized carbons (Fsp3) is 0.636. The zero-order valence-corrected chi connectivity index (χ0v) is 10.9. The predicted octanol–water partition coefficient (Wildman–Crippen LogP) is 3.97. The molecule has 0 spiro atoms. The van der Waals surface area contributed by atoms with E-state index in [0.717, 1.165) is 23.0 Å².